The number of hydrogen-bond acceptors (Lipinski definition) is 6. The van der Waals surface area contributed by atoms with Gasteiger partial charge in [-0.15, -0.1) is 0 Å². The average molecular weight is 583 g/mol. The van der Waals surface area contributed by atoms with Gasteiger partial charge in [0.25, 0.3) is 5.91 Å². The largest absolute Gasteiger partial charge is 0.489 e. The molecule has 2 aromatic heterocycles. The van der Waals surface area contributed by atoms with Crippen molar-refractivity contribution in [2.24, 2.45) is 7.05 Å². The summed E-state index contributed by atoms with van der Waals surface area (Å²) in [5.74, 6) is 6.94. The van der Waals surface area contributed by atoms with Crippen LogP contribution >= 0.6 is 0 Å². The van der Waals surface area contributed by atoms with Crippen molar-refractivity contribution in [1.82, 2.24) is 19.9 Å². The van der Waals surface area contributed by atoms with Crippen molar-refractivity contribution in [3.8, 4) is 29.0 Å². The fraction of sp³-hybridized carbons (Fsp3) is 0.143. The van der Waals surface area contributed by atoms with E-state index in [2.05, 4.69) is 32.4 Å². The predicted octanol–water partition coefficient (Wildman–Crippen LogP) is 4.51. The number of nitrogens with one attached hydrogen (secondary N) is 2. The SMILES string of the molecule is Cn1c(-c2nc(N)ncc2C#Cc2cccc(CC(=O)Nc3ccc(OCc4ccccc4)cc3)c2)cc2c1CCNC2=O. The van der Waals surface area contributed by atoms with Crippen molar-refractivity contribution >= 4 is 23.5 Å². The lowest BCUT2D eigenvalue weighted by molar-refractivity contribution is -0.115. The second-order valence-corrected chi connectivity index (χ2v) is 10.4. The summed E-state index contributed by atoms with van der Waals surface area (Å²) in [6, 6.07) is 26.6. The van der Waals surface area contributed by atoms with E-state index in [1.165, 1.54) is 0 Å². The Morgan fingerprint density at radius 1 is 1.02 bits per heavy atom. The molecule has 3 heterocycles. The monoisotopic (exact) mass is 582 g/mol. The molecule has 5 aromatic rings. The van der Waals surface area contributed by atoms with E-state index >= 15 is 0 Å². The summed E-state index contributed by atoms with van der Waals surface area (Å²) in [5.41, 5.74) is 12.7. The van der Waals surface area contributed by atoms with E-state index in [1.54, 1.807) is 6.20 Å². The number of carbonyl (C=O) groups is 2. The lowest BCUT2D eigenvalue weighted by Gasteiger charge is -2.14. The molecular formula is C35H30N6O3. The molecule has 218 valence electrons. The Labute approximate surface area is 255 Å². The molecule has 0 atom stereocenters. The zero-order valence-electron chi connectivity index (χ0n) is 24.1. The van der Waals surface area contributed by atoms with E-state index in [0.29, 0.717) is 35.7 Å². The van der Waals surface area contributed by atoms with Crippen molar-refractivity contribution in [1.29, 1.82) is 0 Å². The fourth-order valence-electron chi connectivity index (χ4n) is 5.11. The van der Waals surface area contributed by atoms with Gasteiger partial charge in [0, 0.05) is 43.2 Å². The van der Waals surface area contributed by atoms with E-state index < -0.39 is 0 Å². The highest BCUT2D eigenvalue weighted by Gasteiger charge is 2.24. The predicted molar refractivity (Wildman–Crippen MR) is 169 cm³/mol. The van der Waals surface area contributed by atoms with Crippen LogP contribution in [0.2, 0.25) is 0 Å². The maximum atomic E-state index is 12.8. The van der Waals surface area contributed by atoms with Crippen LogP contribution in [0.5, 0.6) is 5.75 Å². The zero-order valence-corrected chi connectivity index (χ0v) is 24.1. The van der Waals surface area contributed by atoms with Crippen molar-refractivity contribution in [2.75, 3.05) is 17.6 Å². The molecule has 1 aliphatic rings. The van der Waals surface area contributed by atoms with Crippen LogP contribution in [0.1, 0.15) is 38.3 Å². The third-order valence-electron chi connectivity index (χ3n) is 7.32. The Bertz CT molecular complexity index is 1900. The van der Waals surface area contributed by atoms with Crippen LogP contribution in [0.3, 0.4) is 0 Å². The molecule has 3 aromatic carbocycles. The number of fused-ring (bicyclic) bond motifs is 1. The molecule has 2 amide bonds. The van der Waals surface area contributed by atoms with Gasteiger partial charge in [0.05, 0.1) is 23.2 Å². The van der Waals surface area contributed by atoms with E-state index in [1.807, 2.05) is 96.5 Å². The molecule has 9 nitrogen and oxygen atoms in total. The van der Waals surface area contributed by atoms with Gasteiger partial charge in [-0.2, -0.15) is 0 Å². The van der Waals surface area contributed by atoms with Gasteiger partial charge in [-0.25, -0.2) is 9.97 Å². The van der Waals surface area contributed by atoms with Crippen molar-refractivity contribution in [3.63, 3.8) is 0 Å². The molecule has 0 saturated carbocycles. The van der Waals surface area contributed by atoms with Crippen molar-refractivity contribution in [3.05, 3.63) is 125 Å². The summed E-state index contributed by atoms with van der Waals surface area (Å²) in [7, 11) is 1.91. The highest BCUT2D eigenvalue weighted by atomic mass is 16.5. The molecule has 1 aliphatic heterocycles. The number of hydrogen-bond donors (Lipinski definition) is 3. The molecule has 0 fully saturated rings. The van der Waals surface area contributed by atoms with Crippen LogP contribution in [0.25, 0.3) is 11.4 Å². The number of rotatable bonds is 7. The minimum absolute atomic E-state index is 0.103. The Hall–Kier alpha value is -5.88. The normalized spacial score (nSPS) is 12.0. The smallest absolute Gasteiger partial charge is 0.253 e. The average Bonchev–Trinajstić information content (AvgIpc) is 3.38. The van der Waals surface area contributed by atoms with Crippen LogP contribution in [-0.2, 0) is 31.3 Å². The first-order chi connectivity index (χ1) is 21.4. The maximum Gasteiger partial charge on any atom is 0.253 e. The quantitative estimate of drug-likeness (QED) is 0.243. The third kappa shape index (κ3) is 6.45. The number of carbonyl (C=O) groups excluding carboxylic acids is 2. The lowest BCUT2D eigenvalue weighted by Crippen LogP contribution is -2.31. The number of nitrogen functional groups attached to an aromatic ring is 1. The topological polar surface area (TPSA) is 124 Å². The first-order valence-corrected chi connectivity index (χ1v) is 14.2. The highest BCUT2D eigenvalue weighted by molar-refractivity contribution is 5.98. The molecule has 44 heavy (non-hydrogen) atoms. The number of nitrogens with two attached hydrogens (primary N) is 1. The molecule has 9 heteroatoms. The number of anilines is 2. The number of ether oxygens (including phenoxy) is 1. The van der Waals surface area contributed by atoms with E-state index in [9.17, 15) is 9.59 Å². The van der Waals surface area contributed by atoms with Gasteiger partial charge in [0.2, 0.25) is 11.9 Å². The van der Waals surface area contributed by atoms with Gasteiger partial charge in [0.15, 0.2) is 0 Å². The first-order valence-electron chi connectivity index (χ1n) is 14.2. The zero-order chi connectivity index (χ0) is 30.5. The number of amides is 2. The van der Waals surface area contributed by atoms with Gasteiger partial charge in [0.1, 0.15) is 18.1 Å². The summed E-state index contributed by atoms with van der Waals surface area (Å²) in [6.45, 7) is 1.07. The summed E-state index contributed by atoms with van der Waals surface area (Å²) in [5, 5.41) is 5.81. The Balaban J connectivity index is 1.13. The summed E-state index contributed by atoms with van der Waals surface area (Å²) in [6.07, 6.45) is 2.51. The molecule has 0 saturated heterocycles. The number of nitrogens with zero attached hydrogens (tertiary/aromatic N) is 3. The highest BCUT2D eigenvalue weighted by Crippen LogP contribution is 2.28. The van der Waals surface area contributed by atoms with Gasteiger partial charge in [-0.1, -0.05) is 54.3 Å². The third-order valence-corrected chi connectivity index (χ3v) is 7.32. The van der Waals surface area contributed by atoms with Gasteiger partial charge < -0.3 is 25.7 Å². The Kier molecular flexibility index (Phi) is 8.06. The van der Waals surface area contributed by atoms with Crippen LogP contribution in [-0.4, -0.2) is 32.9 Å². The van der Waals surface area contributed by atoms with Gasteiger partial charge in [-0.05, 0) is 53.6 Å². The van der Waals surface area contributed by atoms with Crippen LogP contribution in [0.15, 0.2) is 91.1 Å². The van der Waals surface area contributed by atoms with E-state index in [0.717, 1.165) is 40.2 Å². The number of benzene rings is 3. The minimum atomic E-state index is -0.140. The van der Waals surface area contributed by atoms with Crippen molar-refractivity contribution in [2.45, 2.75) is 19.4 Å². The van der Waals surface area contributed by atoms with Gasteiger partial charge in [-0.3, -0.25) is 9.59 Å². The Morgan fingerprint density at radius 2 is 1.82 bits per heavy atom. The first kappa shape index (κ1) is 28.2. The van der Waals surface area contributed by atoms with E-state index in [-0.39, 0.29) is 24.2 Å². The van der Waals surface area contributed by atoms with E-state index in [4.69, 9.17) is 10.5 Å². The molecule has 0 unspecified atom stereocenters. The van der Waals surface area contributed by atoms with Crippen molar-refractivity contribution < 1.29 is 14.3 Å². The summed E-state index contributed by atoms with van der Waals surface area (Å²) < 4.78 is 7.79. The molecule has 0 aliphatic carbocycles. The van der Waals surface area contributed by atoms with Crippen LogP contribution in [0.4, 0.5) is 11.6 Å². The van der Waals surface area contributed by atoms with Gasteiger partial charge >= 0.3 is 0 Å². The summed E-state index contributed by atoms with van der Waals surface area (Å²) in [4.78, 5) is 33.8. The standard InChI is InChI=1S/C35H30N6O3/c1-41-30-16-17-37-34(43)29(30)20-31(41)33-26(21-38-35(36)40-33)11-10-23-8-5-9-25(18-23)19-32(42)39-27-12-14-28(15-13-27)44-22-24-6-3-2-4-7-24/h2-9,12-15,18,20-21H,16-17,19,22H2,1H3,(H,37,43)(H,39,42)(H2,36,38,40). The van der Waals surface area contributed by atoms with Crippen LogP contribution in [0, 0.1) is 11.8 Å². The molecule has 4 N–H and O–H groups in total. The second kappa shape index (κ2) is 12.5. The lowest BCUT2D eigenvalue weighted by atomic mass is 10.1. The minimum Gasteiger partial charge on any atom is -0.489 e. The second-order valence-electron chi connectivity index (χ2n) is 10.4. The molecule has 0 bridgehead atoms. The Morgan fingerprint density at radius 3 is 2.61 bits per heavy atom. The number of aromatic nitrogens is 3. The molecular weight excluding hydrogens is 552 g/mol. The fourth-order valence-corrected chi connectivity index (χ4v) is 5.11. The molecule has 0 radical (unpaired) electrons. The van der Waals surface area contributed by atoms with Crippen LogP contribution < -0.4 is 21.1 Å². The maximum absolute atomic E-state index is 12.8. The molecule has 6 rings (SSSR count). The molecule has 0 spiro atoms. The summed E-state index contributed by atoms with van der Waals surface area (Å²) >= 11 is 0.